The van der Waals surface area contributed by atoms with E-state index in [0.29, 0.717) is 22.0 Å². The standard InChI is InChI=1S/C19H16BrClN2O2/c1-11-4-5-16(6-12(11)2)23-19(24)14(10-22)7-13-8-15(20)9-17(21)18(13)25-3/h4-9H,1-3H3,(H,23,24)/b14-7+. The highest BCUT2D eigenvalue weighted by molar-refractivity contribution is 9.10. The Morgan fingerprint density at radius 3 is 2.60 bits per heavy atom. The van der Waals surface area contributed by atoms with E-state index in [1.807, 2.05) is 32.0 Å². The molecule has 0 saturated carbocycles. The molecule has 25 heavy (non-hydrogen) atoms. The average Bonchev–Trinajstić information content (AvgIpc) is 2.55. The number of aryl methyl sites for hydroxylation is 2. The summed E-state index contributed by atoms with van der Waals surface area (Å²) < 4.78 is 5.98. The van der Waals surface area contributed by atoms with Gasteiger partial charge in [0.2, 0.25) is 0 Å². The highest BCUT2D eigenvalue weighted by Gasteiger charge is 2.14. The molecular formula is C19H16BrClN2O2. The Bertz CT molecular complexity index is 901. The molecule has 0 unspecified atom stereocenters. The third-order valence-corrected chi connectivity index (χ3v) is 4.41. The molecule has 0 spiro atoms. The van der Waals surface area contributed by atoms with Crippen molar-refractivity contribution < 1.29 is 9.53 Å². The quantitative estimate of drug-likeness (QED) is 0.542. The summed E-state index contributed by atoms with van der Waals surface area (Å²) in [5.74, 6) is -0.0968. The van der Waals surface area contributed by atoms with Crippen molar-refractivity contribution in [3.05, 3.63) is 62.1 Å². The second kappa shape index (κ2) is 8.19. The highest BCUT2D eigenvalue weighted by Crippen LogP contribution is 2.33. The molecule has 0 atom stereocenters. The SMILES string of the molecule is COc1c(Cl)cc(Br)cc1/C=C(\C#N)C(=O)Nc1ccc(C)c(C)c1. The van der Waals surface area contributed by atoms with Crippen LogP contribution in [0, 0.1) is 25.2 Å². The number of amides is 1. The van der Waals surface area contributed by atoms with Gasteiger partial charge in [0.15, 0.2) is 0 Å². The van der Waals surface area contributed by atoms with Crippen molar-refractivity contribution in [2.45, 2.75) is 13.8 Å². The molecule has 0 radical (unpaired) electrons. The van der Waals surface area contributed by atoms with Crippen molar-refractivity contribution in [1.82, 2.24) is 0 Å². The van der Waals surface area contributed by atoms with E-state index in [9.17, 15) is 10.1 Å². The van der Waals surface area contributed by atoms with Gasteiger partial charge in [-0.3, -0.25) is 4.79 Å². The number of hydrogen-bond donors (Lipinski definition) is 1. The Labute approximate surface area is 160 Å². The minimum Gasteiger partial charge on any atom is -0.495 e. The molecule has 4 nitrogen and oxygen atoms in total. The molecular weight excluding hydrogens is 404 g/mol. The van der Waals surface area contributed by atoms with E-state index in [1.54, 1.807) is 18.2 Å². The molecule has 0 fully saturated rings. The Balaban J connectivity index is 2.36. The molecule has 0 aromatic heterocycles. The topological polar surface area (TPSA) is 62.1 Å². The van der Waals surface area contributed by atoms with Crippen molar-refractivity contribution in [3.8, 4) is 11.8 Å². The van der Waals surface area contributed by atoms with Gasteiger partial charge in [0.05, 0.1) is 12.1 Å². The van der Waals surface area contributed by atoms with Gasteiger partial charge in [0.1, 0.15) is 17.4 Å². The predicted molar refractivity (Wildman–Crippen MR) is 104 cm³/mol. The van der Waals surface area contributed by atoms with Crippen molar-refractivity contribution >= 4 is 45.2 Å². The number of carbonyl (C=O) groups excluding carboxylic acids is 1. The molecule has 6 heteroatoms. The van der Waals surface area contributed by atoms with Crippen molar-refractivity contribution in [2.75, 3.05) is 12.4 Å². The number of benzene rings is 2. The summed E-state index contributed by atoms with van der Waals surface area (Å²) in [4.78, 5) is 12.4. The van der Waals surface area contributed by atoms with Crippen LogP contribution in [0.25, 0.3) is 6.08 Å². The third-order valence-electron chi connectivity index (χ3n) is 3.67. The Kier molecular flexibility index (Phi) is 6.24. The number of rotatable bonds is 4. The minimum atomic E-state index is -0.496. The fourth-order valence-corrected chi connectivity index (χ4v) is 3.14. The van der Waals surface area contributed by atoms with Gasteiger partial charge < -0.3 is 10.1 Å². The van der Waals surface area contributed by atoms with Crippen molar-refractivity contribution in [1.29, 1.82) is 5.26 Å². The van der Waals surface area contributed by atoms with Crippen LogP contribution in [-0.4, -0.2) is 13.0 Å². The summed E-state index contributed by atoms with van der Waals surface area (Å²) in [5, 5.41) is 12.5. The average molecular weight is 420 g/mol. The summed E-state index contributed by atoms with van der Waals surface area (Å²) in [7, 11) is 1.48. The van der Waals surface area contributed by atoms with Crippen molar-refractivity contribution in [2.24, 2.45) is 0 Å². The lowest BCUT2D eigenvalue weighted by Crippen LogP contribution is -2.13. The van der Waals surface area contributed by atoms with Gasteiger partial charge in [-0.2, -0.15) is 5.26 Å². The number of carbonyl (C=O) groups is 1. The van der Waals surface area contributed by atoms with Gasteiger partial charge in [-0.15, -0.1) is 0 Å². The Morgan fingerprint density at radius 1 is 1.28 bits per heavy atom. The summed E-state index contributed by atoms with van der Waals surface area (Å²) in [6.45, 7) is 3.95. The van der Waals surface area contributed by atoms with Gasteiger partial charge >= 0.3 is 0 Å². The van der Waals surface area contributed by atoms with Crippen molar-refractivity contribution in [3.63, 3.8) is 0 Å². The van der Waals surface area contributed by atoms with E-state index in [4.69, 9.17) is 16.3 Å². The highest BCUT2D eigenvalue weighted by atomic mass is 79.9. The number of methoxy groups -OCH3 is 1. The van der Waals surface area contributed by atoms with Crippen LogP contribution in [-0.2, 0) is 4.79 Å². The maximum absolute atomic E-state index is 12.4. The number of halogens is 2. The van der Waals surface area contributed by atoms with Gasteiger partial charge in [-0.1, -0.05) is 33.6 Å². The van der Waals surface area contributed by atoms with Crippen LogP contribution in [0.2, 0.25) is 5.02 Å². The molecule has 2 aromatic carbocycles. The normalized spacial score (nSPS) is 11.0. The number of nitrogens with one attached hydrogen (secondary N) is 1. The van der Waals surface area contributed by atoms with E-state index in [-0.39, 0.29) is 5.57 Å². The fraction of sp³-hybridized carbons (Fsp3) is 0.158. The molecule has 2 rings (SSSR count). The van der Waals surface area contributed by atoms with E-state index in [0.717, 1.165) is 15.6 Å². The number of nitrogens with zero attached hydrogens (tertiary/aromatic N) is 1. The van der Waals surface area contributed by atoms with Crippen LogP contribution in [0.4, 0.5) is 5.69 Å². The fourth-order valence-electron chi connectivity index (χ4n) is 2.22. The lowest BCUT2D eigenvalue weighted by molar-refractivity contribution is -0.112. The maximum Gasteiger partial charge on any atom is 0.266 e. The van der Waals surface area contributed by atoms with E-state index < -0.39 is 5.91 Å². The first kappa shape index (κ1) is 19.0. The number of hydrogen-bond acceptors (Lipinski definition) is 3. The van der Waals surface area contributed by atoms with Gasteiger partial charge in [0.25, 0.3) is 5.91 Å². The number of anilines is 1. The Morgan fingerprint density at radius 2 is 2.00 bits per heavy atom. The lowest BCUT2D eigenvalue weighted by Gasteiger charge is -2.10. The molecule has 0 bridgehead atoms. The summed E-state index contributed by atoms with van der Waals surface area (Å²) in [5.41, 5.74) is 3.30. The zero-order chi connectivity index (χ0) is 18.6. The molecule has 128 valence electrons. The van der Waals surface area contributed by atoms with Gasteiger partial charge in [-0.05, 0) is 55.3 Å². The van der Waals surface area contributed by atoms with Crippen LogP contribution in [0.15, 0.2) is 40.4 Å². The monoisotopic (exact) mass is 418 g/mol. The van der Waals surface area contributed by atoms with Crippen LogP contribution in [0.1, 0.15) is 16.7 Å². The molecule has 0 aliphatic carbocycles. The number of nitriles is 1. The van der Waals surface area contributed by atoms with Gasteiger partial charge in [-0.25, -0.2) is 0 Å². The molecule has 0 aliphatic heterocycles. The summed E-state index contributed by atoms with van der Waals surface area (Å²) in [6, 6.07) is 10.9. The largest absolute Gasteiger partial charge is 0.495 e. The van der Waals surface area contributed by atoms with Crippen LogP contribution < -0.4 is 10.1 Å². The maximum atomic E-state index is 12.4. The van der Waals surface area contributed by atoms with Crippen LogP contribution in [0.5, 0.6) is 5.75 Å². The van der Waals surface area contributed by atoms with Gasteiger partial charge in [0, 0.05) is 15.7 Å². The van der Waals surface area contributed by atoms with Crippen LogP contribution >= 0.6 is 27.5 Å². The zero-order valence-electron chi connectivity index (χ0n) is 14.0. The first-order chi connectivity index (χ1) is 11.8. The molecule has 0 heterocycles. The first-order valence-electron chi connectivity index (χ1n) is 7.39. The molecule has 0 aliphatic rings. The third kappa shape index (κ3) is 4.62. The van der Waals surface area contributed by atoms with E-state index >= 15 is 0 Å². The first-order valence-corrected chi connectivity index (χ1v) is 8.56. The number of ether oxygens (including phenoxy) is 1. The van der Waals surface area contributed by atoms with E-state index in [1.165, 1.54) is 13.2 Å². The minimum absolute atomic E-state index is 0.0503. The molecule has 1 N–H and O–H groups in total. The van der Waals surface area contributed by atoms with Crippen LogP contribution in [0.3, 0.4) is 0 Å². The lowest BCUT2D eigenvalue weighted by atomic mass is 10.1. The summed E-state index contributed by atoms with van der Waals surface area (Å²) in [6.07, 6.45) is 1.45. The molecule has 1 amide bonds. The smallest absolute Gasteiger partial charge is 0.266 e. The summed E-state index contributed by atoms with van der Waals surface area (Å²) >= 11 is 9.48. The second-order valence-electron chi connectivity index (χ2n) is 5.43. The van der Waals surface area contributed by atoms with E-state index in [2.05, 4.69) is 21.2 Å². The second-order valence-corrected chi connectivity index (χ2v) is 6.76. The predicted octanol–water partition coefficient (Wildman–Crippen LogP) is 5.27. The molecule has 2 aromatic rings. The Hall–Kier alpha value is -2.29. The zero-order valence-corrected chi connectivity index (χ0v) is 16.3. The molecule has 0 saturated heterocycles.